The third kappa shape index (κ3) is 2.38. The van der Waals surface area contributed by atoms with E-state index in [-0.39, 0.29) is 18.4 Å². The van der Waals surface area contributed by atoms with Crippen LogP contribution >= 0.6 is 0 Å². The summed E-state index contributed by atoms with van der Waals surface area (Å²) in [6.45, 7) is 1.61. The van der Waals surface area contributed by atoms with Gasteiger partial charge >= 0.3 is 5.97 Å². The zero-order chi connectivity index (χ0) is 12.6. The van der Waals surface area contributed by atoms with Gasteiger partial charge < -0.3 is 9.84 Å². The molecule has 3 nitrogen and oxygen atoms in total. The third-order valence-corrected chi connectivity index (χ3v) is 2.86. The van der Waals surface area contributed by atoms with Crippen molar-refractivity contribution in [3.63, 3.8) is 0 Å². The molecule has 0 saturated heterocycles. The maximum atomic E-state index is 12.6. The van der Waals surface area contributed by atoms with E-state index in [9.17, 15) is 13.6 Å². The Morgan fingerprint density at radius 2 is 2.12 bits per heavy atom. The molecule has 17 heavy (non-hydrogen) atoms. The van der Waals surface area contributed by atoms with E-state index in [0.29, 0.717) is 11.3 Å². The highest BCUT2D eigenvalue weighted by atomic mass is 19.3. The highest BCUT2D eigenvalue weighted by Gasteiger charge is 2.47. The van der Waals surface area contributed by atoms with Crippen LogP contribution in [0.15, 0.2) is 18.2 Å². The second kappa shape index (κ2) is 3.98. The number of hydrogen-bond donors (Lipinski definition) is 1. The molecule has 0 spiro atoms. The molecule has 2 rings (SSSR count). The number of ether oxygens (including phenoxy) is 1. The van der Waals surface area contributed by atoms with Gasteiger partial charge in [0.1, 0.15) is 11.9 Å². The number of alkyl halides is 2. The first-order chi connectivity index (χ1) is 7.89. The van der Waals surface area contributed by atoms with Crippen molar-refractivity contribution in [2.24, 2.45) is 0 Å². The maximum absolute atomic E-state index is 12.6. The number of benzene rings is 1. The minimum Gasteiger partial charge on any atom is -0.490 e. The fourth-order valence-corrected chi connectivity index (χ4v) is 1.84. The zero-order valence-electron chi connectivity index (χ0n) is 9.24. The van der Waals surface area contributed by atoms with Crippen LogP contribution in [0.3, 0.4) is 0 Å². The molecule has 92 valence electrons. The molecule has 1 aromatic rings. The lowest BCUT2D eigenvalue weighted by Gasteiger charge is -2.35. The van der Waals surface area contributed by atoms with Gasteiger partial charge in [-0.1, -0.05) is 6.07 Å². The monoisotopic (exact) mass is 242 g/mol. The van der Waals surface area contributed by atoms with Gasteiger partial charge in [0.25, 0.3) is 5.92 Å². The Morgan fingerprint density at radius 1 is 1.47 bits per heavy atom. The van der Waals surface area contributed by atoms with Crippen molar-refractivity contribution in [3.05, 3.63) is 29.3 Å². The molecular weight excluding hydrogens is 230 g/mol. The van der Waals surface area contributed by atoms with Gasteiger partial charge in [0, 0.05) is 18.4 Å². The summed E-state index contributed by atoms with van der Waals surface area (Å²) in [5.74, 6) is -3.32. The van der Waals surface area contributed by atoms with Crippen LogP contribution in [0.2, 0.25) is 0 Å². The molecule has 0 radical (unpaired) electrons. The van der Waals surface area contributed by atoms with Crippen LogP contribution in [0.1, 0.15) is 28.8 Å². The number of hydrogen-bond acceptors (Lipinski definition) is 2. The van der Waals surface area contributed by atoms with Crippen LogP contribution in [-0.2, 0) is 0 Å². The lowest BCUT2D eigenvalue weighted by atomic mass is 9.91. The molecule has 1 fully saturated rings. The quantitative estimate of drug-likeness (QED) is 0.886. The highest BCUT2D eigenvalue weighted by molar-refractivity contribution is 5.90. The van der Waals surface area contributed by atoms with Gasteiger partial charge in [0.05, 0.1) is 5.56 Å². The van der Waals surface area contributed by atoms with Crippen molar-refractivity contribution in [1.82, 2.24) is 0 Å². The fraction of sp³-hybridized carbons (Fsp3) is 0.417. The van der Waals surface area contributed by atoms with Crippen LogP contribution < -0.4 is 4.74 Å². The largest absolute Gasteiger partial charge is 0.490 e. The van der Waals surface area contributed by atoms with E-state index >= 15 is 0 Å². The van der Waals surface area contributed by atoms with Gasteiger partial charge in [-0.25, -0.2) is 13.6 Å². The van der Waals surface area contributed by atoms with Crippen molar-refractivity contribution < 1.29 is 23.4 Å². The Hall–Kier alpha value is -1.65. The van der Waals surface area contributed by atoms with E-state index in [4.69, 9.17) is 9.84 Å². The first-order valence-electron chi connectivity index (χ1n) is 5.26. The lowest BCUT2D eigenvalue weighted by Crippen LogP contribution is -2.43. The van der Waals surface area contributed by atoms with E-state index in [2.05, 4.69) is 0 Å². The molecule has 0 aliphatic heterocycles. The third-order valence-electron chi connectivity index (χ3n) is 2.86. The Morgan fingerprint density at radius 3 is 2.65 bits per heavy atom. The summed E-state index contributed by atoms with van der Waals surface area (Å²) in [6.07, 6.45) is -1.12. The Kier molecular flexibility index (Phi) is 2.77. The highest BCUT2D eigenvalue weighted by Crippen LogP contribution is 2.40. The predicted octanol–water partition coefficient (Wildman–Crippen LogP) is 2.87. The predicted molar refractivity (Wildman–Crippen MR) is 56.7 cm³/mol. The molecule has 0 aromatic heterocycles. The molecule has 0 bridgehead atoms. The van der Waals surface area contributed by atoms with Crippen LogP contribution in [0, 0.1) is 6.92 Å². The van der Waals surface area contributed by atoms with E-state index in [0.717, 1.165) is 0 Å². The first kappa shape index (κ1) is 11.8. The molecule has 0 amide bonds. The second-order valence-corrected chi connectivity index (χ2v) is 4.24. The van der Waals surface area contributed by atoms with E-state index in [1.54, 1.807) is 19.1 Å². The standard InChI is InChI=1S/C12H12F2O3/c1-7-9(11(15)16)3-2-4-10(7)17-8-5-12(13,14)6-8/h2-4,8H,5-6H2,1H3,(H,15,16). The maximum Gasteiger partial charge on any atom is 0.336 e. The molecule has 0 heterocycles. The number of aromatic carboxylic acids is 1. The number of rotatable bonds is 3. The Labute approximate surface area is 97.0 Å². The summed E-state index contributed by atoms with van der Waals surface area (Å²) in [4.78, 5) is 10.9. The number of halogens is 2. The van der Waals surface area contributed by atoms with E-state index in [1.165, 1.54) is 6.07 Å². The van der Waals surface area contributed by atoms with Crippen molar-refractivity contribution in [3.8, 4) is 5.75 Å². The normalized spacial score (nSPS) is 18.5. The lowest BCUT2D eigenvalue weighted by molar-refractivity contribution is -0.134. The van der Waals surface area contributed by atoms with Crippen LogP contribution in [0.25, 0.3) is 0 Å². The Bertz CT molecular complexity index is 449. The number of carboxylic acids is 1. The van der Waals surface area contributed by atoms with Crippen LogP contribution in [-0.4, -0.2) is 23.1 Å². The van der Waals surface area contributed by atoms with Crippen molar-refractivity contribution in [1.29, 1.82) is 0 Å². The van der Waals surface area contributed by atoms with Crippen molar-refractivity contribution in [2.45, 2.75) is 31.8 Å². The molecule has 1 aliphatic rings. The average Bonchev–Trinajstić information content (AvgIpc) is 2.17. The van der Waals surface area contributed by atoms with Gasteiger partial charge in [0.15, 0.2) is 0 Å². The van der Waals surface area contributed by atoms with Gasteiger partial charge in [-0.3, -0.25) is 0 Å². The minimum atomic E-state index is -2.64. The first-order valence-corrected chi connectivity index (χ1v) is 5.26. The van der Waals surface area contributed by atoms with Crippen LogP contribution in [0.5, 0.6) is 5.75 Å². The molecule has 0 atom stereocenters. The van der Waals surface area contributed by atoms with Crippen LogP contribution in [0.4, 0.5) is 8.78 Å². The molecular formula is C12H12F2O3. The smallest absolute Gasteiger partial charge is 0.336 e. The Balaban J connectivity index is 2.12. The average molecular weight is 242 g/mol. The number of carbonyl (C=O) groups is 1. The minimum absolute atomic E-state index is 0.133. The topological polar surface area (TPSA) is 46.5 Å². The molecule has 1 saturated carbocycles. The van der Waals surface area contributed by atoms with Gasteiger partial charge in [-0.05, 0) is 19.1 Å². The summed E-state index contributed by atoms with van der Waals surface area (Å²) < 4.78 is 30.6. The molecule has 0 unspecified atom stereocenters. The van der Waals surface area contributed by atoms with E-state index in [1.807, 2.05) is 0 Å². The SMILES string of the molecule is Cc1c(OC2CC(F)(F)C2)cccc1C(=O)O. The number of carboxylic acid groups (broad SMARTS) is 1. The summed E-state index contributed by atoms with van der Waals surface area (Å²) in [5, 5.41) is 8.90. The summed E-state index contributed by atoms with van der Waals surface area (Å²) >= 11 is 0. The molecule has 1 aromatic carbocycles. The van der Waals surface area contributed by atoms with Crippen molar-refractivity contribution in [2.75, 3.05) is 0 Å². The van der Waals surface area contributed by atoms with Gasteiger partial charge in [-0.2, -0.15) is 0 Å². The van der Waals surface area contributed by atoms with Gasteiger partial charge in [-0.15, -0.1) is 0 Å². The summed E-state index contributed by atoms with van der Waals surface area (Å²) in [5.41, 5.74) is 0.601. The molecule has 1 aliphatic carbocycles. The molecule has 1 N–H and O–H groups in total. The summed E-state index contributed by atoms with van der Waals surface area (Å²) in [6, 6.07) is 4.60. The van der Waals surface area contributed by atoms with Crippen molar-refractivity contribution >= 4 is 5.97 Å². The van der Waals surface area contributed by atoms with E-state index < -0.39 is 18.0 Å². The zero-order valence-corrected chi connectivity index (χ0v) is 9.24. The molecule has 5 heteroatoms. The van der Waals surface area contributed by atoms with Gasteiger partial charge in [0.2, 0.25) is 0 Å². The second-order valence-electron chi connectivity index (χ2n) is 4.24. The fourth-order valence-electron chi connectivity index (χ4n) is 1.84. The summed E-state index contributed by atoms with van der Waals surface area (Å²) in [7, 11) is 0.